The molecule has 0 saturated heterocycles. The van der Waals surface area contributed by atoms with Gasteiger partial charge < -0.3 is 19.3 Å². The standard InChI is InChI=1S/C22H28O6/c1-12(2)8-9-15-18(23)16(20(24)26-11-10-13(3)4)14(5)17-19(15)27-22(6,7)28-21(17)25/h8,10,23H,9,11H2,1-7H3. The number of aromatic hydroxyl groups is 1. The van der Waals surface area contributed by atoms with E-state index in [-0.39, 0.29) is 34.8 Å². The molecule has 6 heteroatoms. The Morgan fingerprint density at radius 1 is 1.11 bits per heavy atom. The number of hydrogen-bond acceptors (Lipinski definition) is 6. The number of allylic oxidation sites excluding steroid dienone is 3. The number of hydrogen-bond donors (Lipinski definition) is 1. The normalized spacial score (nSPS) is 14.3. The second-order valence-electron chi connectivity index (χ2n) is 7.79. The van der Waals surface area contributed by atoms with E-state index in [0.717, 1.165) is 11.1 Å². The third-order valence-electron chi connectivity index (χ3n) is 4.29. The molecule has 6 nitrogen and oxygen atoms in total. The first-order chi connectivity index (χ1) is 12.9. The third-order valence-corrected chi connectivity index (χ3v) is 4.29. The van der Waals surface area contributed by atoms with Crippen LogP contribution in [0.25, 0.3) is 0 Å². The monoisotopic (exact) mass is 388 g/mol. The van der Waals surface area contributed by atoms with Gasteiger partial charge in [-0.05, 0) is 52.7 Å². The molecule has 0 aromatic heterocycles. The molecular formula is C22H28O6. The molecule has 0 aliphatic carbocycles. The van der Waals surface area contributed by atoms with E-state index >= 15 is 0 Å². The van der Waals surface area contributed by atoms with Crippen molar-refractivity contribution >= 4 is 11.9 Å². The topological polar surface area (TPSA) is 82.1 Å². The molecule has 0 bridgehead atoms. The molecule has 0 atom stereocenters. The van der Waals surface area contributed by atoms with Crippen LogP contribution in [0.4, 0.5) is 0 Å². The highest BCUT2D eigenvalue weighted by Gasteiger charge is 2.40. The Hall–Kier alpha value is -2.76. The maximum Gasteiger partial charge on any atom is 0.345 e. The fourth-order valence-electron chi connectivity index (χ4n) is 2.88. The lowest BCUT2D eigenvalue weighted by atomic mass is 9.92. The molecule has 28 heavy (non-hydrogen) atoms. The van der Waals surface area contributed by atoms with E-state index in [2.05, 4.69) is 0 Å². The Morgan fingerprint density at radius 3 is 2.29 bits per heavy atom. The Balaban J connectivity index is 2.65. The molecule has 0 amide bonds. The molecule has 0 unspecified atom stereocenters. The zero-order valence-electron chi connectivity index (χ0n) is 17.6. The smallest absolute Gasteiger partial charge is 0.345 e. The number of fused-ring (bicyclic) bond motifs is 1. The Morgan fingerprint density at radius 2 is 1.71 bits per heavy atom. The van der Waals surface area contributed by atoms with Gasteiger partial charge in [0.15, 0.2) is 0 Å². The predicted molar refractivity (Wildman–Crippen MR) is 106 cm³/mol. The van der Waals surface area contributed by atoms with Crippen LogP contribution in [-0.4, -0.2) is 29.4 Å². The molecule has 0 fully saturated rings. The molecule has 0 saturated carbocycles. The summed E-state index contributed by atoms with van der Waals surface area (Å²) in [6.07, 6.45) is 3.94. The van der Waals surface area contributed by atoms with Crippen molar-refractivity contribution in [3.8, 4) is 11.5 Å². The highest BCUT2D eigenvalue weighted by molar-refractivity contribution is 6.03. The van der Waals surface area contributed by atoms with Gasteiger partial charge >= 0.3 is 11.9 Å². The summed E-state index contributed by atoms with van der Waals surface area (Å²) >= 11 is 0. The van der Waals surface area contributed by atoms with E-state index in [0.29, 0.717) is 12.0 Å². The lowest BCUT2D eigenvalue weighted by Crippen LogP contribution is -2.40. The summed E-state index contributed by atoms with van der Waals surface area (Å²) in [5, 5.41) is 10.9. The number of phenolic OH excluding ortho intramolecular Hbond substituents is 1. The number of esters is 2. The summed E-state index contributed by atoms with van der Waals surface area (Å²) in [7, 11) is 0. The minimum Gasteiger partial charge on any atom is -0.507 e. The predicted octanol–water partition coefficient (Wildman–Crippen LogP) is 4.62. The van der Waals surface area contributed by atoms with E-state index in [4.69, 9.17) is 14.2 Å². The van der Waals surface area contributed by atoms with Crippen molar-refractivity contribution in [2.75, 3.05) is 6.61 Å². The minimum absolute atomic E-state index is 0.0432. The summed E-state index contributed by atoms with van der Waals surface area (Å²) in [5.74, 6) is -2.46. The van der Waals surface area contributed by atoms with Gasteiger partial charge in [-0.2, -0.15) is 0 Å². The molecule has 152 valence electrons. The van der Waals surface area contributed by atoms with Gasteiger partial charge in [-0.25, -0.2) is 9.59 Å². The second-order valence-corrected chi connectivity index (χ2v) is 7.79. The lowest BCUT2D eigenvalue weighted by molar-refractivity contribution is -0.127. The van der Waals surface area contributed by atoms with Crippen molar-refractivity contribution < 1.29 is 28.9 Å². The Labute approximate surface area is 165 Å². The Kier molecular flexibility index (Phi) is 6.22. The van der Waals surface area contributed by atoms with Crippen LogP contribution in [0.1, 0.15) is 73.4 Å². The van der Waals surface area contributed by atoms with Gasteiger partial charge in [-0.3, -0.25) is 0 Å². The molecule has 1 aromatic rings. The van der Waals surface area contributed by atoms with Gasteiger partial charge in [0.25, 0.3) is 0 Å². The van der Waals surface area contributed by atoms with Crippen LogP contribution in [0.15, 0.2) is 23.3 Å². The SMILES string of the molecule is CC(C)=CCOC(=O)c1c(C)c2c(c(CC=C(C)C)c1O)OC(C)(C)OC2=O. The van der Waals surface area contributed by atoms with Gasteiger partial charge in [-0.1, -0.05) is 17.2 Å². The number of cyclic esters (lactones) is 1. The average Bonchev–Trinajstić information content (AvgIpc) is 2.52. The number of carbonyl (C=O) groups is 2. The average molecular weight is 388 g/mol. The van der Waals surface area contributed by atoms with Crippen molar-refractivity contribution in [2.45, 2.75) is 60.7 Å². The molecule has 1 aliphatic rings. The highest BCUT2D eigenvalue weighted by Crippen LogP contribution is 2.44. The molecule has 1 aromatic carbocycles. The Bertz CT molecular complexity index is 866. The molecule has 1 aliphatic heterocycles. The first kappa shape index (κ1) is 21.5. The maximum atomic E-state index is 12.7. The summed E-state index contributed by atoms with van der Waals surface area (Å²) in [4.78, 5) is 25.3. The molecule has 1 heterocycles. The molecular weight excluding hydrogens is 360 g/mol. The van der Waals surface area contributed by atoms with Crippen LogP contribution < -0.4 is 4.74 Å². The van der Waals surface area contributed by atoms with Gasteiger partial charge in [0.1, 0.15) is 29.2 Å². The fraction of sp³-hybridized carbons (Fsp3) is 0.455. The number of ether oxygens (including phenoxy) is 3. The summed E-state index contributed by atoms with van der Waals surface area (Å²) < 4.78 is 16.5. The lowest BCUT2D eigenvalue weighted by Gasteiger charge is -2.34. The largest absolute Gasteiger partial charge is 0.507 e. The molecule has 1 N–H and O–H groups in total. The first-order valence-electron chi connectivity index (χ1n) is 9.19. The zero-order valence-corrected chi connectivity index (χ0v) is 17.6. The van der Waals surface area contributed by atoms with Gasteiger partial charge in [0.05, 0.1) is 0 Å². The molecule has 0 radical (unpaired) electrons. The van der Waals surface area contributed by atoms with E-state index in [9.17, 15) is 14.7 Å². The van der Waals surface area contributed by atoms with E-state index in [1.807, 2.05) is 33.8 Å². The van der Waals surface area contributed by atoms with Crippen molar-refractivity contribution in [2.24, 2.45) is 0 Å². The summed E-state index contributed by atoms with van der Waals surface area (Å²) in [6, 6.07) is 0. The summed E-state index contributed by atoms with van der Waals surface area (Å²) in [6.45, 7) is 12.5. The zero-order chi connectivity index (χ0) is 21.2. The highest BCUT2D eigenvalue weighted by atomic mass is 16.7. The van der Waals surface area contributed by atoms with Gasteiger partial charge in [0, 0.05) is 19.4 Å². The third kappa shape index (κ3) is 4.55. The molecule has 2 rings (SSSR count). The minimum atomic E-state index is -1.17. The van der Waals surface area contributed by atoms with Crippen molar-refractivity contribution in [1.82, 2.24) is 0 Å². The van der Waals surface area contributed by atoms with Crippen molar-refractivity contribution in [3.05, 3.63) is 45.6 Å². The van der Waals surface area contributed by atoms with E-state index < -0.39 is 17.7 Å². The van der Waals surface area contributed by atoms with Crippen LogP contribution in [0, 0.1) is 6.92 Å². The van der Waals surface area contributed by atoms with E-state index in [1.54, 1.807) is 26.8 Å². The van der Waals surface area contributed by atoms with Gasteiger partial charge in [0.2, 0.25) is 5.79 Å². The number of benzene rings is 1. The van der Waals surface area contributed by atoms with Crippen LogP contribution >= 0.6 is 0 Å². The number of phenols is 1. The van der Waals surface area contributed by atoms with Gasteiger partial charge in [-0.15, -0.1) is 0 Å². The van der Waals surface area contributed by atoms with Crippen LogP contribution in [-0.2, 0) is 15.9 Å². The second kappa shape index (κ2) is 8.09. The van der Waals surface area contributed by atoms with E-state index in [1.165, 1.54) is 0 Å². The summed E-state index contributed by atoms with van der Waals surface area (Å²) in [5.41, 5.74) is 2.76. The van der Waals surface area contributed by atoms with Crippen LogP contribution in [0.3, 0.4) is 0 Å². The fourth-order valence-corrected chi connectivity index (χ4v) is 2.88. The van der Waals surface area contributed by atoms with Crippen LogP contribution in [0.2, 0.25) is 0 Å². The van der Waals surface area contributed by atoms with Crippen molar-refractivity contribution in [1.29, 1.82) is 0 Å². The van der Waals surface area contributed by atoms with Crippen LogP contribution in [0.5, 0.6) is 11.5 Å². The number of rotatable bonds is 5. The molecule has 0 spiro atoms. The maximum absolute atomic E-state index is 12.7. The quantitative estimate of drug-likeness (QED) is 0.586. The van der Waals surface area contributed by atoms with Crippen molar-refractivity contribution in [3.63, 3.8) is 0 Å². The number of carbonyl (C=O) groups excluding carboxylic acids is 2. The first-order valence-corrected chi connectivity index (χ1v) is 9.19.